The Morgan fingerprint density at radius 1 is 1.20 bits per heavy atom. The number of amides is 1. The number of ether oxygens (including phenoxy) is 1. The lowest BCUT2D eigenvalue weighted by molar-refractivity contribution is 0.0294. The van der Waals surface area contributed by atoms with E-state index in [0.717, 1.165) is 11.3 Å². The maximum absolute atomic E-state index is 12.2. The van der Waals surface area contributed by atoms with Crippen molar-refractivity contribution in [2.75, 3.05) is 26.3 Å². The lowest BCUT2D eigenvalue weighted by Gasteiger charge is -2.25. The summed E-state index contributed by atoms with van der Waals surface area (Å²) in [6, 6.07) is 7.70. The first-order chi connectivity index (χ1) is 9.74. The number of benzene rings is 1. The molecule has 0 aliphatic carbocycles. The summed E-state index contributed by atoms with van der Waals surface area (Å²) in [6.45, 7) is 4.25. The van der Waals surface area contributed by atoms with E-state index in [2.05, 4.69) is 15.4 Å². The van der Waals surface area contributed by atoms with Gasteiger partial charge in [-0.2, -0.15) is 0 Å². The first-order valence-corrected chi connectivity index (χ1v) is 6.48. The molecule has 1 saturated heterocycles. The maximum atomic E-state index is 12.2. The predicted octanol–water partition coefficient (Wildman–Crippen LogP) is 0.443. The Hall–Kier alpha value is -2.28. The molecule has 1 aliphatic heterocycles. The number of hydrogen-bond acceptors (Lipinski definition) is 5. The number of tetrazole rings is 1. The smallest absolute Gasteiger partial charge is 0.295 e. The fraction of sp³-hybridized carbons (Fsp3) is 0.385. The van der Waals surface area contributed by atoms with E-state index in [1.54, 1.807) is 4.90 Å². The van der Waals surface area contributed by atoms with E-state index in [9.17, 15) is 4.79 Å². The molecule has 1 amide bonds. The first-order valence-electron chi connectivity index (χ1n) is 6.48. The van der Waals surface area contributed by atoms with Crippen molar-refractivity contribution in [2.45, 2.75) is 6.92 Å². The average molecular weight is 273 g/mol. The molecular weight excluding hydrogens is 258 g/mol. The molecule has 0 bridgehead atoms. The van der Waals surface area contributed by atoms with Crippen LogP contribution in [-0.4, -0.2) is 57.3 Å². The highest BCUT2D eigenvalue weighted by Gasteiger charge is 2.22. The van der Waals surface area contributed by atoms with E-state index in [0.29, 0.717) is 26.3 Å². The van der Waals surface area contributed by atoms with E-state index in [1.807, 2.05) is 31.2 Å². The molecule has 1 aromatic carbocycles. The second kappa shape index (κ2) is 5.38. The van der Waals surface area contributed by atoms with E-state index in [4.69, 9.17) is 4.74 Å². The van der Waals surface area contributed by atoms with Gasteiger partial charge >= 0.3 is 0 Å². The molecule has 0 unspecified atom stereocenters. The van der Waals surface area contributed by atoms with Crippen molar-refractivity contribution in [3.05, 3.63) is 35.7 Å². The van der Waals surface area contributed by atoms with Gasteiger partial charge in [0.05, 0.1) is 18.9 Å². The minimum Gasteiger partial charge on any atom is -0.378 e. The Morgan fingerprint density at radius 2 is 1.90 bits per heavy atom. The Kier molecular flexibility index (Phi) is 3.42. The molecule has 1 fully saturated rings. The highest BCUT2D eigenvalue weighted by Crippen LogP contribution is 2.07. The molecule has 20 heavy (non-hydrogen) atoms. The fourth-order valence-electron chi connectivity index (χ4n) is 2.00. The zero-order chi connectivity index (χ0) is 13.9. The van der Waals surface area contributed by atoms with Crippen molar-refractivity contribution in [3.63, 3.8) is 0 Å². The van der Waals surface area contributed by atoms with Gasteiger partial charge < -0.3 is 9.64 Å². The van der Waals surface area contributed by atoms with Crippen molar-refractivity contribution >= 4 is 5.91 Å². The summed E-state index contributed by atoms with van der Waals surface area (Å²) in [5.74, 6) is -0.0841. The topological polar surface area (TPSA) is 73.1 Å². The Morgan fingerprint density at radius 3 is 2.60 bits per heavy atom. The molecule has 0 N–H and O–H groups in total. The largest absolute Gasteiger partial charge is 0.378 e. The molecule has 0 atom stereocenters. The second-order valence-corrected chi connectivity index (χ2v) is 4.64. The summed E-state index contributed by atoms with van der Waals surface area (Å²) in [4.78, 5) is 15.2. The molecule has 2 heterocycles. The number of hydrogen-bond donors (Lipinski definition) is 0. The standard InChI is InChI=1S/C13H15N5O2/c1-10-2-4-11(5-3-10)18-15-12(14-16-18)13(19)17-6-8-20-9-7-17/h2-5H,6-9H2,1H3. The normalized spacial score (nSPS) is 15.3. The summed E-state index contributed by atoms with van der Waals surface area (Å²) in [5.41, 5.74) is 1.93. The zero-order valence-corrected chi connectivity index (χ0v) is 11.2. The molecule has 0 radical (unpaired) electrons. The molecular formula is C13H15N5O2. The molecule has 2 aromatic rings. The summed E-state index contributed by atoms with van der Waals surface area (Å²) in [6.07, 6.45) is 0. The van der Waals surface area contributed by atoms with Crippen LogP contribution in [0, 0.1) is 6.92 Å². The lowest BCUT2D eigenvalue weighted by Crippen LogP contribution is -2.41. The van der Waals surface area contributed by atoms with E-state index in [1.165, 1.54) is 4.80 Å². The van der Waals surface area contributed by atoms with Crippen molar-refractivity contribution in [1.29, 1.82) is 0 Å². The van der Waals surface area contributed by atoms with Crippen molar-refractivity contribution in [1.82, 2.24) is 25.1 Å². The molecule has 104 valence electrons. The van der Waals surface area contributed by atoms with Crippen molar-refractivity contribution < 1.29 is 9.53 Å². The van der Waals surface area contributed by atoms with Gasteiger partial charge in [-0.3, -0.25) is 4.79 Å². The fourth-order valence-corrected chi connectivity index (χ4v) is 2.00. The third-order valence-corrected chi connectivity index (χ3v) is 3.17. The first kappa shape index (κ1) is 12.7. The van der Waals surface area contributed by atoms with Crippen LogP contribution in [0.3, 0.4) is 0 Å². The minimum atomic E-state index is -0.202. The molecule has 0 spiro atoms. The van der Waals surface area contributed by atoms with Crippen LogP contribution in [0.5, 0.6) is 0 Å². The molecule has 1 aliphatic rings. The summed E-state index contributed by atoms with van der Waals surface area (Å²) in [5, 5.41) is 11.9. The van der Waals surface area contributed by atoms with Crippen LogP contribution in [-0.2, 0) is 4.74 Å². The van der Waals surface area contributed by atoms with Gasteiger partial charge in [-0.05, 0) is 24.3 Å². The van der Waals surface area contributed by atoms with E-state index < -0.39 is 0 Å². The van der Waals surface area contributed by atoms with Gasteiger partial charge in [0.1, 0.15) is 0 Å². The third-order valence-electron chi connectivity index (χ3n) is 3.17. The van der Waals surface area contributed by atoms with Gasteiger partial charge in [0.15, 0.2) is 0 Å². The Balaban J connectivity index is 1.79. The van der Waals surface area contributed by atoms with Gasteiger partial charge in [-0.1, -0.05) is 17.7 Å². The lowest BCUT2D eigenvalue weighted by atomic mass is 10.2. The number of carbonyl (C=O) groups is 1. The quantitative estimate of drug-likeness (QED) is 0.794. The van der Waals surface area contributed by atoms with Gasteiger partial charge in [0.25, 0.3) is 11.7 Å². The van der Waals surface area contributed by atoms with Crippen LogP contribution in [0.15, 0.2) is 24.3 Å². The number of aromatic nitrogens is 4. The van der Waals surface area contributed by atoms with E-state index >= 15 is 0 Å². The van der Waals surface area contributed by atoms with Gasteiger partial charge in [-0.25, -0.2) is 0 Å². The van der Waals surface area contributed by atoms with Crippen LogP contribution in [0.25, 0.3) is 5.69 Å². The molecule has 0 saturated carbocycles. The second-order valence-electron chi connectivity index (χ2n) is 4.64. The van der Waals surface area contributed by atoms with Crippen LogP contribution in [0.4, 0.5) is 0 Å². The summed E-state index contributed by atoms with van der Waals surface area (Å²) >= 11 is 0. The summed E-state index contributed by atoms with van der Waals surface area (Å²) in [7, 11) is 0. The minimum absolute atomic E-state index is 0.118. The maximum Gasteiger partial charge on any atom is 0.295 e. The van der Waals surface area contributed by atoms with Crippen molar-refractivity contribution in [2.24, 2.45) is 0 Å². The van der Waals surface area contributed by atoms with Gasteiger partial charge in [0.2, 0.25) is 0 Å². The molecule has 3 rings (SSSR count). The third kappa shape index (κ3) is 2.53. The Bertz CT molecular complexity index is 601. The predicted molar refractivity (Wildman–Crippen MR) is 70.6 cm³/mol. The number of carbonyl (C=O) groups excluding carboxylic acids is 1. The summed E-state index contributed by atoms with van der Waals surface area (Å²) < 4.78 is 5.22. The number of morpholine rings is 1. The Labute approximate surface area is 116 Å². The average Bonchev–Trinajstić information content (AvgIpc) is 2.98. The van der Waals surface area contributed by atoms with Gasteiger partial charge in [-0.15, -0.1) is 15.0 Å². The highest BCUT2D eigenvalue weighted by atomic mass is 16.5. The van der Waals surface area contributed by atoms with Crippen LogP contribution in [0.2, 0.25) is 0 Å². The van der Waals surface area contributed by atoms with Crippen LogP contribution >= 0.6 is 0 Å². The molecule has 7 heteroatoms. The number of nitrogens with zero attached hydrogens (tertiary/aromatic N) is 5. The number of rotatable bonds is 2. The van der Waals surface area contributed by atoms with Crippen LogP contribution in [0.1, 0.15) is 16.2 Å². The molecule has 7 nitrogen and oxygen atoms in total. The van der Waals surface area contributed by atoms with E-state index in [-0.39, 0.29) is 11.7 Å². The molecule has 1 aromatic heterocycles. The highest BCUT2D eigenvalue weighted by molar-refractivity contribution is 5.90. The van der Waals surface area contributed by atoms with Gasteiger partial charge in [0, 0.05) is 13.1 Å². The zero-order valence-electron chi connectivity index (χ0n) is 11.2. The van der Waals surface area contributed by atoms with Crippen LogP contribution < -0.4 is 0 Å². The van der Waals surface area contributed by atoms with Crippen molar-refractivity contribution in [3.8, 4) is 5.69 Å². The monoisotopic (exact) mass is 273 g/mol. The SMILES string of the molecule is Cc1ccc(-n2nnc(C(=O)N3CCOCC3)n2)cc1. The number of aryl methyl sites for hydroxylation is 1.